The molecule has 2 aliphatic rings. The maximum atomic E-state index is 11.1. The van der Waals surface area contributed by atoms with E-state index in [0.29, 0.717) is 11.9 Å². The van der Waals surface area contributed by atoms with Crippen molar-refractivity contribution in [3.63, 3.8) is 0 Å². The first-order chi connectivity index (χ1) is 17.3. The molecule has 4 heteroatoms. The average molecular weight is 466 g/mol. The number of fused-ring (bicyclic) bond motifs is 1. The number of anilines is 1. The third-order valence-corrected chi connectivity index (χ3v) is 8.04. The Bertz CT molecular complexity index is 1210. The van der Waals surface area contributed by atoms with Gasteiger partial charge in [0.05, 0.1) is 6.04 Å². The first kappa shape index (κ1) is 22.2. The Morgan fingerprint density at radius 2 is 1.34 bits per heavy atom. The highest BCUT2D eigenvalue weighted by molar-refractivity contribution is 5.91. The number of hydrogen-bond acceptors (Lipinski definition) is 3. The molecule has 3 aromatic carbocycles. The molecule has 6 rings (SSSR count). The van der Waals surface area contributed by atoms with Gasteiger partial charge in [-0.25, -0.2) is 0 Å². The zero-order valence-corrected chi connectivity index (χ0v) is 20.4. The Morgan fingerprint density at radius 3 is 1.97 bits per heavy atom. The largest absolute Gasteiger partial charge is 0.494 e. The van der Waals surface area contributed by atoms with Crippen molar-refractivity contribution in [2.75, 3.05) is 31.1 Å². The summed E-state index contributed by atoms with van der Waals surface area (Å²) in [4.78, 5) is 5.08. The van der Waals surface area contributed by atoms with Crippen molar-refractivity contribution in [1.29, 1.82) is 0 Å². The highest BCUT2D eigenvalue weighted by Crippen LogP contribution is 2.38. The van der Waals surface area contributed by atoms with E-state index in [0.717, 1.165) is 37.0 Å². The number of hydrogen-bond donors (Lipinski definition) is 1. The summed E-state index contributed by atoms with van der Waals surface area (Å²) >= 11 is 0. The summed E-state index contributed by atoms with van der Waals surface area (Å²) in [6.45, 7) is 3.96. The average Bonchev–Trinajstić information content (AvgIpc) is 3.27. The van der Waals surface area contributed by atoms with Gasteiger partial charge in [0.15, 0.2) is 5.88 Å². The van der Waals surface area contributed by atoms with Gasteiger partial charge in [-0.3, -0.25) is 4.90 Å². The summed E-state index contributed by atoms with van der Waals surface area (Å²) in [5, 5.41) is 13.2. The van der Waals surface area contributed by atoms with Crippen LogP contribution in [-0.4, -0.2) is 40.8 Å². The monoisotopic (exact) mass is 465 g/mol. The molecule has 0 atom stereocenters. The lowest BCUT2D eigenvalue weighted by molar-refractivity contribution is 0.212. The topological polar surface area (TPSA) is 31.6 Å². The van der Waals surface area contributed by atoms with Crippen molar-refractivity contribution >= 4 is 16.5 Å². The third kappa shape index (κ3) is 4.43. The van der Waals surface area contributed by atoms with E-state index in [-0.39, 0.29) is 6.04 Å². The summed E-state index contributed by atoms with van der Waals surface area (Å²) in [6.07, 6.45) is 8.36. The molecule has 0 spiro atoms. The highest BCUT2D eigenvalue weighted by atomic mass is 16.3. The van der Waals surface area contributed by atoms with Crippen LogP contribution >= 0.6 is 0 Å². The molecular weight excluding hydrogens is 430 g/mol. The molecule has 1 saturated carbocycles. The number of benzene rings is 3. The van der Waals surface area contributed by atoms with Crippen LogP contribution in [0.15, 0.2) is 85.1 Å². The molecule has 35 heavy (non-hydrogen) atoms. The van der Waals surface area contributed by atoms with Gasteiger partial charge in [-0.05, 0) is 36.1 Å². The summed E-state index contributed by atoms with van der Waals surface area (Å²) in [7, 11) is 0. The molecule has 1 saturated heterocycles. The second-order valence-electron chi connectivity index (χ2n) is 10.2. The van der Waals surface area contributed by atoms with Crippen molar-refractivity contribution in [3.8, 4) is 5.88 Å². The minimum absolute atomic E-state index is 0.274. The van der Waals surface area contributed by atoms with Crippen LogP contribution in [0.1, 0.15) is 55.3 Å². The van der Waals surface area contributed by atoms with E-state index in [9.17, 15) is 5.11 Å². The molecule has 1 N–H and O–H groups in total. The van der Waals surface area contributed by atoms with Crippen LogP contribution in [0.3, 0.4) is 0 Å². The van der Waals surface area contributed by atoms with E-state index in [2.05, 4.69) is 99.4 Å². The lowest BCUT2D eigenvalue weighted by atomic mass is 9.95. The fraction of sp³-hybridized carbons (Fsp3) is 0.355. The maximum absolute atomic E-state index is 11.1. The molecule has 0 unspecified atom stereocenters. The maximum Gasteiger partial charge on any atom is 0.199 e. The lowest BCUT2D eigenvalue weighted by Gasteiger charge is -2.40. The molecule has 2 heterocycles. The summed E-state index contributed by atoms with van der Waals surface area (Å²) in [5.41, 5.74) is 3.91. The fourth-order valence-corrected chi connectivity index (χ4v) is 6.16. The predicted molar refractivity (Wildman–Crippen MR) is 144 cm³/mol. The minimum atomic E-state index is 0.274. The van der Waals surface area contributed by atoms with Crippen LogP contribution in [0.2, 0.25) is 0 Å². The number of piperazine rings is 1. The number of rotatable bonds is 5. The van der Waals surface area contributed by atoms with Crippen LogP contribution in [-0.2, 0) is 0 Å². The predicted octanol–water partition coefficient (Wildman–Crippen LogP) is 6.76. The van der Waals surface area contributed by atoms with Gasteiger partial charge in [-0.2, -0.15) is 0 Å². The lowest BCUT2D eigenvalue weighted by Crippen LogP contribution is -2.48. The van der Waals surface area contributed by atoms with E-state index in [1.165, 1.54) is 48.9 Å². The van der Waals surface area contributed by atoms with Gasteiger partial charge in [0.2, 0.25) is 0 Å². The first-order valence-electron chi connectivity index (χ1n) is 13.2. The number of aromatic nitrogens is 1. The molecule has 2 fully saturated rings. The fourth-order valence-electron chi connectivity index (χ4n) is 6.16. The van der Waals surface area contributed by atoms with E-state index < -0.39 is 0 Å². The second-order valence-corrected chi connectivity index (χ2v) is 10.2. The first-order valence-corrected chi connectivity index (χ1v) is 13.2. The third-order valence-electron chi connectivity index (χ3n) is 8.04. The minimum Gasteiger partial charge on any atom is -0.494 e. The molecule has 180 valence electrons. The van der Waals surface area contributed by atoms with Gasteiger partial charge in [-0.1, -0.05) is 86.0 Å². The SMILES string of the molecule is Oc1c2cc(N3CCN(C(c4ccccc4)c4ccccc4)CC3)ccc2cn1C1CCCCC1. The number of nitrogens with zero attached hydrogens (tertiary/aromatic N) is 3. The zero-order chi connectivity index (χ0) is 23.6. The van der Waals surface area contributed by atoms with E-state index in [4.69, 9.17) is 0 Å². The molecule has 0 amide bonds. The molecule has 4 aromatic rings. The molecule has 0 bridgehead atoms. The smallest absolute Gasteiger partial charge is 0.199 e. The Balaban J connectivity index is 1.21. The Hall–Kier alpha value is -3.24. The molecule has 0 radical (unpaired) electrons. The summed E-state index contributed by atoms with van der Waals surface area (Å²) in [5.74, 6) is 0.445. The van der Waals surface area contributed by atoms with E-state index in [1.807, 2.05) is 0 Å². The summed E-state index contributed by atoms with van der Waals surface area (Å²) in [6, 6.07) is 29.1. The Morgan fingerprint density at radius 1 is 0.714 bits per heavy atom. The van der Waals surface area contributed by atoms with Gasteiger partial charge >= 0.3 is 0 Å². The van der Waals surface area contributed by atoms with Crippen LogP contribution in [0, 0.1) is 0 Å². The van der Waals surface area contributed by atoms with Gasteiger partial charge in [0, 0.05) is 54.9 Å². The Kier molecular flexibility index (Phi) is 6.22. The van der Waals surface area contributed by atoms with Crippen molar-refractivity contribution in [2.45, 2.75) is 44.2 Å². The summed E-state index contributed by atoms with van der Waals surface area (Å²) < 4.78 is 2.13. The van der Waals surface area contributed by atoms with E-state index >= 15 is 0 Å². The van der Waals surface area contributed by atoms with Gasteiger partial charge < -0.3 is 14.6 Å². The molecular formula is C31H35N3O. The standard InChI is InChI=1S/C31H35N3O/c35-31-29-22-28(17-16-26(29)23-34(31)27-14-8-3-9-15-27)32-18-20-33(21-19-32)30(24-10-4-1-5-11-24)25-12-6-2-7-13-25/h1-2,4-7,10-13,16-17,22-23,27,30,35H,3,8-9,14-15,18-21H2. The van der Waals surface area contributed by atoms with Crippen LogP contribution in [0.4, 0.5) is 5.69 Å². The number of aromatic hydroxyl groups is 1. The zero-order valence-electron chi connectivity index (χ0n) is 20.4. The van der Waals surface area contributed by atoms with Crippen molar-refractivity contribution in [2.24, 2.45) is 0 Å². The second kappa shape index (κ2) is 9.79. The van der Waals surface area contributed by atoms with Gasteiger partial charge in [0.1, 0.15) is 0 Å². The van der Waals surface area contributed by atoms with Crippen molar-refractivity contribution < 1.29 is 5.11 Å². The molecule has 4 nitrogen and oxygen atoms in total. The van der Waals surface area contributed by atoms with Crippen LogP contribution in [0.5, 0.6) is 5.88 Å². The van der Waals surface area contributed by atoms with Crippen molar-refractivity contribution in [3.05, 3.63) is 96.2 Å². The normalized spacial score (nSPS) is 17.9. The van der Waals surface area contributed by atoms with Gasteiger partial charge in [-0.15, -0.1) is 0 Å². The van der Waals surface area contributed by atoms with Gasteiger partial charge in [0.25, 0.3) is 0 Å². The van der Waals surface area contributed by atoms with Crippen LogP contribution < -0.4 is 4.90 Å². The quantitative estimate of drug-likeness (QED) is 0.353. The molecule has 1 aliphatic carbocycles. The molecule has 1 aromatic heterocycles. The molecule has 1 aliphatic heterocycles. The van der Waals surface area contributed by atoms with Crippen molar-refractivity contribution in [1.82, 2.24) is 9.47 Å². The van der Waals surface area contributed by atoms with Crippen LogP contribution in [0.25, 0.3) is 10.8 Å². The highest BCUT2D eigenvalue weighted by Gasteiger charge is 2.27. The van der Waals surface area contributed by atoms with E-state index in [1.54, 1.807) is 0 Å². The Labute approximate surface area is 208 Å².